The molecule has 3 amide bonds. The Morgan fingerprint density at radius 1 is 1.07 bits per heavy atom. The van der Waals surface area contributed by atoms with Gasteiger partial charge in [-0.3, -0.25) is 10.1 Å². The molecule has 0 radical (unpaired) electrons. The Bertz CT molecular complexity index is 1180. The topological polar surface area (TPSA) is 113 Å². The quantitative estimate of drug-likeness (QED) is 0.439. The smallest absolute Gasteiger partial charge is 0.321 e. The molecule has 2 heterocycles. The number of carbonyl (C=O) groups excluding carboxylic acids is 2. The molecule has 2 aromatic carbocycles. The lowest BCUT2D eigenvalue weighted by Gasteiger charge is -2.15. The number of carbonyl (C=O) groups is 2. The number of hydrogen-bond donors (Lipinski definition) is 3. The van der Waals surface area contributed by atoms with Gasteiger partial charge in [0, 0.05) is 17.4 Å². The van der Waals surface area contributed by atoms with Crippen LogP contribution in [0.1, 0.15) is 17.7 Å². The highest BCUT2D eigenvalue weighted by Gasteiger charge is 2.25. The van der Waals surface area contributed by atoms with Gasteiger partial charge in [-0.15, -0.1) is 10.2 Å². The van der Waals surface area contributed by atoms with Crippen LogP contribution in [-0.2, 0) is 4.79 Å². The third-order valence-corrected chi connectivity index (χ3v) is 5.35. The number of nitrogens with one attached hydrogen (secondary N) is 3. The number of rotatable bonds is 5. The molecule has 2 aromatic heterocycles. The summed E-state index contributed by atoms with van der Waals surface area (Å²) in [5, 5.41) is 14.0. The molecule has 0 saturated carbocycles. The number of fused-ring (bicyclic) bond motifs is 3. The number of urea groups is 1. The van der Waals surface area contributed by atoms with Crippen molar-refractivity contribution in [2.45, 2.75) is 17.3 Å². The van der Waals surface area contributed by atoms with Crippen molar-refractivity contribution in [3.63, 3.8) is 0 Å². The first-order valence-electron chi connectivity index (χ1n) is 9.07. The van der Waals surface area contributed by atoms with Gasteiger partial charge in [-0.1, -0.05) is 60.3 Å². The Labute approximate surface area is 170 Å². The van der Waals surface area contributed by atoms with Crippen molar-refractivity contribution in [2.75, 3.05) is 6.54 Å². The van der Waals surface area contributed by atoms with Gasteiger partial charge in [-0.05, 0) is 18.6 Å². The second-order valence-corrected chi connectivity index (χ2v) is 7.29. The minimum atomic E-state index is -0.706. The van der Waals surface area contributed by atoms with E-state index in [0.717, 1.165) is 28.2 Å². The van der Waals surface area contributed by atoms with Crippen LogP contribution in [0, 0.1) is 0 Å². The fourth-order valence-electron chi connectivity index (χ4n) is 2.94. The van der Waals surface area contributed by atoms with E-state index < -0.39 is 17.2 Å². The number of aromatic nitrogens is 4. The van der Waals surface area contributed by atoms with Gasteiger partial charge in [0.2, 0.25) is 11.1 Å². The predicted octanol–water partition coefficient (Wildman–Crippen LogP) is 3.19. The molecular formula is C20H18N6O2S. The normalized spacial score (nSPS) is 12.0. The first-order valence-corrected chi connectivity index (χ1v) is 9.95. The van der Waals surface area contributed by atoms with Crippen LogP contribution in [0.4, 0.5) is 4.79 Å². The molecule has 29 heavy (non-hydrogen) atoms. The Kier molecular flexibility index (Phi) is 5.39. The fourth-order valence-corrected chi connectivity index (χ4v) is 3.85. The average Bonchev–Trinajstić information content (AvgIpc) is 3.10. The van der Waals surface area contributed by atoms with Crippen molar-refractivity contribution in [1.29, 1.82) is 0 Å². The zero-order valence-electron chi connectivity index (χ0n) is 15.5. The Hall–Kier alpha value is -3.46. The second kappa shape index (κ2) is 8.27. The Balaban J connectivity index is 1.65. The maximum absolute atomic E-state index is 12.8. The third-order valence-electron chi connectivity index (χ3n) is 4.24. The van der Waals surface area contributed by atoms with Gasteiger partial charge in [-0.25, -0.2) is 9.78 Å². The van der Waals surface area contributed by atoms with Crippen LogP contribution >= 0.6 is 11.8 Å². The van der Waals surface area contributed by atoms with Crippen LogP contribution in [0.5, 0.6) is 0 Å². The second-order valence-electron chi connectivity index (χ2n) is 6.22. The summed E-state index contributed by atoms with van der Waals surface area (Å²) >= 11 is 1.14. The van der Waals surface area contributed by atoms with Crippen LogP contribution in [0.15, 0.2) is 59.8 Å². The lowest BCUT2D eigenvalue weighted by Crippen LogP contribution is -2.41. The molecule has 4 rings (SSSR count). The van der Waals surface area contributed by atoms with E-state index in [1.165, 1.54) is 0 Å². The van der Waals surface area contributed by atoms with E-state index in [-0.39, 0.29) is 0 Å². The van der Waals surface area contributed by atoms with Crippen LogP contribution in [0.2, 0.25) is 0 Å². The number of benzene rings is 2. The van der Waals surface area contributed by atoms with Crippen molar-refractivity contribution >= 4 is 45.8 Å². The van der Waals surface area contributed by atoms with E-state index in [4.69, 9.17) is 0 Å². The highest BCUT2D eigenvalue weighted by Crippen LogP contribution is 2.34. The van der Waals surface area contributed by atoms with Gasteiger partial charge in [0.05, 0.1) is 0 Å². The van der Waals surface area contributed by atoms with Crippen LogP contribution in [0.3, 0.4) is 0 Å². The number of imide groups is 1. The minimum Gasteiger partial charge on any atom is -0.338 e. The highest BCUT2D eigenvalue weighted by molar-refractivity contribution is 8.00. The van der Waals surface area contributed by atoms with Crippen LogP contribution in [-0.4, -0.2) is 38.6 Å². The number of aromatic amines is 1. The molecule has 0 aliphatic heterocycles. The number of H-pyrrole nitrogens is 1. The lowest BCUT2D eigenvalue weighted by atomic mass is 10.1. The summed E-state index contributed by atoms with van der Waals surface area (Å²) in [4.78, 5) is 32.3. The first kappa shape index (κ1) is 18.9. The monoisotopic (exact) mass is 406 g/mol. The van der Waals surface area contributed by atoms with Gasteiger partial charge in [0.25, 0.3) is 0 Å². The molecule has 1 atom stereocenters. The highest BCUT2D eigenvalue weighted by atomic mass is 32.2. The average molecular weight is 406 g/mol. The predicted molar refractivity (Wildman–Crippen MR) is 111 cm³/mol. The molecule has 0 fully saturated rings. The van der Waals surface area contributed by atoms with Crippen molar-refractivity contribution in [1.82, 2.24) is 30.8 Å². The number of hydrogen-bond acceptors (Lipinski definition) is 6. The molecule has 0 spiro atoms. The maximum Gasteiger partial charge on any atom is 0.321 e. The van der Waals surface area contributed by atoms with Crippen molar-refractivity contribution in [3.05, 3.63) is 60.2 Å². The molecule has 8 nitrogen and oxygen atoms in total. The SMILES string of the molecule is CCNC(=O)NC(=O)[C@@H](Sc1nnc2c(n1)[nH]c1ccccc12)c1ccccc1. The van der Waals surface area contributed by atoms with Crippen LogP contribution < -0.4 is 10.6 Å². The zero-order valence-corrected chi connectivity index (χ0v) is 16.4. The number of nitrogens with zero attached hydrogens (tertiary/aromatic N) is 3. The summed E-state index contributed by atoms with van der Waals surface area (Å²) in [7, 11) is 0. The Morgan fingerprint density at radius 2 is 1.83 bits per heavy atom. The van der Waals surface area contributed by atoms with Gasteiger partial charge in [0.1, 0.15) is 10.8 Å². The summed E-state index contributed by atoms with van der Waals surface area (Å²) in [6, 6.07) is 16.4. The standard InChI is InChI=1S/C20H18N6O2S/c1-2-21-19(28)24-18(27)16(12-8-4-3-5-9-12)29-20-23-17-15(25-26-20)13-10-6-7-11-14(13)22-17/h3-11,16H,2H2,1H3,(H,22,23,26)(H2,21,24,27,28)/t16-/m0/s1. The van der Waals surface area contributed by atoms with Crippen LogP contribution in [0.25, 0.3) is 22.1 Å². The molecule has 0 bridgehead atoms. The summed E-state index contributed by atoms with van der Waals surface area (Å²) in [6.07, 6.45) is 0. The van der Waals surface area contributed by atoms with E-state index in [9.17, 15) is 9.59 Å². The molecule has 146 valence electrons. The van der Waals surface area contributed by atoms with Crippen molar-refractivity contribution in [2.24, 2.45) is 0 Å². The van der Waals surface area contributed by atoms with E-state index in [0.29, 0.717) is 22.9 Å². The Morgan fingerprint density at radius 3 is 2.62 bits per heavy atom. The zero-order chi connectivity index (χ0) is 20.2. The molecule has 0 unspecified atom stereocenters. The minimum absolute atomic E-state index is 0.337. The number of thioether (sulfide) groups is 1. The first-order chi connectivity index (χ1) is 14.2. The van der Waals surface area contributed by atoms with Gasteiger partial charge >= 0.3 is 6.03 Å². The van der Waals surface area contributed by atoms with Gasteiger partial charge in [-0.2, -0.15) is 0 Å². The molecule has 9 heteroatoms. The summed E-state index contributed by atoms with van der Waals surface area (Å²) < 4.78 is 0. The molecule has 0 aliphatic carbocycles. The fraction of sp³-hybridized carbons (Fsp3) is 0.150. The van der Waals surface area contributed by atoms with Gasteiger partial charge in [0.15, 0.2) is 5.65 Å². The largest absolute Gasteiger partial charge is 0.338 e. The number of amides is 3. The van der Waals surface area contributed by atoms with Crippen molar-refractivity contribution < 1.29 is 9.59 Å². The van der Waals surface area contributed by atoms with Crippen molar-refractivity contribution in [3.8, 4) is 0 Å². The number of para-hydroxylation sites is 1. The summed E-state index contributed by atoms with van der Waals surface area (Å²) in [5.74, 6) is -0.451. The molecule has 3 N–H and O–H groups in total. The van der Waals surface area contributed by atoms with E-state index in [2.05, 4.69) is 30.8 Å². The maximum atomic E-state index is 12.8. The lowest BCUT2D eigenvalue weighted by molar-refractivity contribution is -0.119. The summed E-state index contributed by atoms with van der Waals surface area (Å²) in [6.45, 7) is 2.20. The molecular weight excluding hydrogens is 388 g/mol. The van der Waals surface area contributed by atoms with E-state index in [1.807, 2.05) is 54.6 Å². The third kappa shape index (κ3) is 4.04. The molecule has 0 saturated heterocycles. The molecule has 4 aromatic rings. The van der Waals surface area contributed by atoms with Gasteiger partial charge < -0.3 is 10.3 Å². The molecule has 0 aliphatic rings. The summed E-state index contributed by atoms with van der Waals surface area (Å²) in [5.41, 5.74) is 2.92. The van der Waals surface area contributed by atoms with E-state index in [1.54, 1.807) is 6.92 Å². The van der Waals surface area contributed by atoms with E-state index >= 15 is 0 Å².